The third-order valence-electron chi connectivity index (χ3n) is 10.7. The van der Waals surface area contributed by atoms with Gasteiger partial charge >= 0.3 is 0 Å². The molecule has 3 heterocycles. The van der Waals surface area contributed by atoms with Crippen LogP contribution in [0.1, 0.15) is 0 Å². The zero-order valence-corrected chi connectivity index (χ0v) is 31.5. The van der Waals surface area contributed by atoms with Crippen molar-refractivity contribution in [3.63, 3.8) is 0 Å². The number of nitrogens with zero attached hydrogens (tertiary/aromatic N) is 4. The highest BCUT2D eigenvalue weighted by molar-refractivity contribution is 7.26. The predicted molar refractivity (Wildman–Crippen MR) is 238 cm³/mol. The summed E-state index contributed by atoms with van der Waals surface area (Å²) in [5.74, 6) is 1.89. The number of thiophene rings is 1. The minimum absolute atomic E-state index is 0.624. The van der Waals surface area contributed by atoms with Crippen LogP contribution < -0.4 is 0 Å². The molecule has 0 N–H and O–H groups in total. The molecule has 0 aliphatic heterocycles. The van der Waals surface area contributed by atoms with Crippen molar-refractivity contribution in [3.8, 4) is 67.7 Å². The Morgan fingerprint density at radius 1 is 0.316 bits per heavy atom. The maximum Gasteiger partial charge on any atom is 0.164 e. The Morgan fingerprint density at radius 2 is 0.825 bits per heavy atom. The van der Waals surface area contributed by atoms with Crippen molar-refractivity contribution in [1.82, 2.24) is 19.9 Å². The van der Waals surface area contributed by atoms with Crippen LogP contribution in [0.2, 0.25) is 0 Å². The monoisotopic (exact) mass is 744 g/mol. The summed E-state index contributed by atoms with van der Waals surface area (Å²) in [5.41, 5.74) is 10.4. The fraction of sp³-hybridized carbons (Fsp3) is 0. The lowest BCUT2D eigenvalue weighted by molar-refractivity contribution is 1.07. The molecule has 0 unspecified atom stereocenters. The van der Waals surface area contributed by atoms with E-state index in [0.29, 0.717) is 17.5 Å². The Labute approximate surface area is 333 Å². The molecule has 0 saturated heterocycles. The van der Waals surface area contributed by atoms with Crippen molar-refractivity contribution in [2.45, 2.75) is 0 Å². The van der Waals surface area contributed by atoms with E-state index in [4.69, 9.17) is 19.9 Å². The SMILES string of the molecule is c1ccc(-c2ccc(-c3nc(-c4ccccc4)nc(-c4cccc(-c5cccc(-c6nc7c8ccccc8ccc7c7sc8ccccc8c67)c5)c4)n3)cc2)cc1. The first kappa shape index (κ1) is 33.0. The molecular weight excluding hydrogens is 713 g/mol. The summed E-state index contributed by atoms with van der Waals surface area (Å²) >= 11 is 1.85. The predicted octanol–water partition coefficient (Wildman–Crippen LogP) is 13.9. The van der Waals surface area contributed by atoms with Gasteiger partial charge in [-0.05, 0) is 45.8 Å². The molecule has 0 aliphatic rings. The van der Waals surface area contributed by atoms with Gasteiger partial charge in [0.1, 0.15) is 0 Å². The molecule has 0 bridgehead atoms. The summed E-state index contributed by atoms with van der Waals surface area (Å²) in [7, 11) is 0. The van der Waals surface area contributed by atoms with E-state index in [1.807, 2.05) is 47.7 Å². The van der Waals surface area contributed by atoms with Crippen LogP contribution in [0.4, 0.5) is 0 Å². The van der Waals surface area contributed by atoms with Crippen molar-refractivity contribution in [2.75, 3.05) is 0 Å². The van der Waals surface area contributed by atoms with Gasteiger partial charge in [-0.3, -0.25) is 0 Å². The van der Waals surface area contributed by atoms with Crippen LogP contribution in [-0.4, -0.2) is 19.9 Å². The summed E-state index contributed by atoms with van der Waals surface area (Å²) in [6, 6.07) is 67.9. The smallest absolute Gasteiger partial charge is 0.164 e. The van der Waals surface area contributed by atoms with Crippen LogP contribution in [-0.2, 0) is 0 Å². The van der Waals surface area contributed by atoms with Crippen molar-refractivity contribution in [3.05, 3.63) is 194 Å². The first-order chi connectivity index (χ1) is 28.2. The molecule has 57 heavy (non-hydrogen) atoms. The summed E-state index contributed by atoms with van der Waals surface area (Å²) in [5, 5.41) is 5.98. The standard InChI is InChI=1S/C52H32N4S/c1-3-13-33(14-4-1)34-25-27-37(28-26-34)51-54-50(36-16-5-2-6-17-36)55-52(56-51)41-21-12-19-39(32-41)38-18-11-20-40(31-38)47-46-43-23-9-10-24-45(43)57-49(46)44-30-29-35-15-7-8-22-42(35)48(44)53-47/h1-32H. The molecule has 11 aromatic rings. The van der Waals surface area contributed by atoms with Crippen LogP contribution >= 0.6 is 11.3 Å². The molecule has 0 saturated carbocycles. The van der Waals surface area contributed by atoms with Crippen LogP contribution in [0.25, 0.3) is 110 Å². The first-order valence-electron chi connectivity index (χ1n) is 19.0. The van der Waals surface area contributed by atoms with E-state index in [9.17, 15) is 0 Å². The van der Waals surface area contributed by atoms with Crippen molar-refractivity contribution in [1.29, 1.82) is 0 Å². The molecule has 3 aromatic heterocycles. The highest BCUT2D eigenvalue weighted by Crippen LogP contribution is 2.44. The van der Waals surface area contributed by atoms with Gasteiger partial charge in [0, 0.05) is 53.2 Å². The van der Waals surface area contributed by atoms with Gasteiger partial charge < -0.3 is 0 Å². The van der Waals surface area contributed by atoms with Crippen LogP contribution in [0, 0.1) is 0 Å². The minimum atomic E-state index is 0.624. The number of fused-ring (bicyclic) bond motifs is 7. The second-order valence-corrected chi connectivity index (χ2v) is 15.3. The maximum absolute atomic E-state index is 5.50. The summed E-state index contributed by atoms with van der Waals surface area (Å²) in [6.07, 6.45) is 0. The molecule has 266 valence electrons. The van der Waals surface area contributed by atoms with Crippen LogP contribution in [0.3, 0.4) is 0 Å². The van der Waals surface area contributed by atoms with E-state index in [1.54, 1.807) is 0 Å². The Kier molecular flexibility index (Phi) is 7.97. The number of benzene rings is 8. The van der Waals surface area contributed by atoms with Crippen molar-refractivity contribution in [2.24, 2.45) is 0 Å². The highest BCUT2D eigenvalue weighted by atomic mass is 32.1. The van der Waals surface area contributed by atoms with Crippen LogP contribution in [0.5, 0.6) is 0 Å². The maximum atomic E-state index is 5.50. The second kappa shape index (κ2) is 13.7. The minimum Gasteiger partial charge on any atom is -0.246 e. The molecule has 0 amide bonds. The lowest BCUT2D eigenvalue weighted by Crippen LogP contribution is -2.00. The van der Waals surface area contributed by atoms with Crippen molar-refractivity contribution >= 4 is 53.2 Å². The zero-order chi connectivity index (χ0) is 37.7. The average molecular weight is 745 g/mol. The van der Waals surface area contributed by atoms with Gasteiger partial charge in [0.15, 0.2) is 17.5 Å². The molecular formula is C52H32N4S. The normalized spacial score (nSPS) is 11.5. The molecule has 0 atom stereocenters. The quantitative estimate of drug-likeness (QED) is 0.159. The summed E-state index contributed by atoms with van der Waals surface area (Å²) in [6.45, 7) is 0. The Bertz CT molecular complexity index is 3280. The summed E-state index contributed by atoms with van der Waals surface area (Å²) in [4.78, 5) is 20.6. The molecule has 0 fully saturated rings. The first-order valence-corrected chi connectivity index (χ1v) is 19.9. The lowest BCUT2D eigenvalue weighted by atomic mass is 9.96. The number of hydrogen-bond acceptors (Lipinski definition) is 5. The molecule has 8 aromatic carbocycles. The molecule has 11 rings (SSSR count). The average Bonchev–Trinajstić information content (AvgIpc) is 3.69. The van der Waals surface area contributed by atoms with E-state index in [0.717, 1.165) is 55.5 Å². The Balaban J connectivity index is 1.04. The summed E-state index contributed by atoms with van der Waals surface area (Å²) < 4.78 is 2.53. The Morgan fingerprint density at radius 3 is 1.56 bits per heavy atom. The third kappa shape index (κ3) is 5.93. The highest BCUT2D eigenvalue weighted by Gasteiger charge is 2.19. The topological polar surface area (TPSA) is 51.6 Å². The van der Waals surface area contributed by atoms with E-state index in [2.05, 4.69) is 158 Å². The van der Waals surface area contributed by atoms with Gasteiger partial charge in [-0.25, -0.2) is 19.9 Å². The number of pyridine rings is 1. The number of hydrogen-bond donors (Lipinski definition) is 0. The van der Waals surface area contributed by atoms with Gasteiger partial charge in [0.05, 0.1) is 11.2 Å². The molecule has 0 radical (unpaired) electrons. The second-order valence-electron chi connectivity index (χ2n) is 14.2. The van der Waals surface area contributed by atoms with Gasteiger partial charge in [-0.15, -0.1) is 11.3 Å². The van der Waals surface area contributed by atoms with Crippen molar-refractivity contribution < 1.29 is 0 Å². The molecule has 4 nitrogen and oxygen atoms in total. The zero-order valence-electron chi connectivity index (χ0n) is 30.7. The van der Waals surface area contributed by atoms with E-state index in [1.165, 1.54) is 36.5 Å². The van der Waals surface area contributed by atoms with Crippen LogP contribution in [0.15, 0.2) is 194 Å². The van der Waals surface area contributed by atoms with Gasteiger partial charge in [0.2, 0.25) is 0 Å². The van der Waals surface area contributed by atoms with Gasteiger partial charge in [-0.2, -0.15) is 0 Å². The van der Waals surface area contributed by atoms with E-state index in [-0.39, 0.29) is 0 Å². The fourth-order valence-electron chi connectivity index (χ4n) is 7.88. The largest absolute Gasteiger partial charge is 0.246 e. The number of rotatable bonds is 6. The molecule has 0 spiro atoms. The van der Waals surface area contributed by atoms with Gasteiger partial charge in [0.25, 0.3) is 0 Å². The number of aromatic nitrogens is 4. The Hall–Kier alpha value is -7.34. The van der Waals surface area contributed by atoms with E-state index >= 15 is 0 Å². The molecule has 5 heteroatoms. The van der Waals surface area contributed by atoms with Gasteiger partial charge in [-0.1, -0.05) is 176 Å². The third-order valence-corrected chi connectivity index (χ3v) is 11.9. The van der Waals surface area contributed by atoms with E-state index < -0.39 is 0 Å². The lowest BCUT2D eigenvalue weighted by Gasteiger charge is -2.12. The molecule has 0 aliphatic carbocycles. The fourth-order valence-corrected chi connectivity index (χ4v) is 9.11.